The maximum atomic E-state index is 9.89. The van der Waals surface area contributed by atoms with E-state index in [1.54, 1.807) is 11.3 Å². The van der Waals surface area contributed by atoms with E-state index in [-0.39, 0.29) is 6.10 Å². The molecular weight excluding hydrogens is 230 g/mol. The van der Waals surface area contributed by atoms with E-state index >= 15 is 0 Å². The SMILES string of the molecule is OC(Cc1nc(-c2ccccc2)cs1)C1CC1. The molecular formula is C14H15NOS. The topological polar surface area (TPSA) is 33.1 Å². The van der Waals surface area contributed by atoms with Gasteiger partial charge in [-0.05, 0) is 18.8 Å². The standard InChI is InChI=1S/C14H15NOS/c16-13(11-6-7-11)8-14-15-12(9-17-14)10-4-2-1-3-5-10/h1-5,9,11,13,16H,6-8H2. The number of aliphatic hydroxyl groups excluding tert-OH is 1. The molecule has 0 amide bonds. The van der Waals surface area contributed by atoms with Gasteiger partial charge in [0.15, 0.2) is 0 Å². The smallest absolute Gasteiger partial charge is 0.0958 e. The van der Waals surface area contributed by atoms with Crippen molar-refractivity contribution in [1.29, 1.82) is 0 Å². The summed E-state index contributed by atoms with van der Waals surface area (Å²) in [5.74, 6) is 0.527. The van der Waals surface area contributed by atoms with Crippen molar-refractivity contribution in [2.45, 2.75) is 25.4 Å². The average molecular weight is 245 g/mol. The summed E-state index contributed by atoms with van der Waals surface area (Å²) in [6, 6.07) is 10.2. The fourth-order valence-corrected chi connectivity index (χ4v) is 2.83. The van der Waals surface area contributed by atoms with Crippen LogP contribution in [0.15, 0.2) is 35.7 Å². The summed E-state index contributed by atoms with van der Waals surface area (Å²) in [5.41, 5.74) is 2.17. The lowest BCUT2D eigenvalue weighted by Crippen LogP contribution is -2.12. The maximum absolute atomic E-state index is 9.89. The zero-order valence-corrected chi connectivity index (χ0v) is 10.4. The Labute approximate surface area is 105 Å². The minimum Gasteiger partial charge on any atom is -0.392 e. The first-order valence-electron chi connectivity index (χ1n) is 6.01. The highest BCUT2D eigenvalue weighted by Gasteiger charge is 2.30. The lowest BCUT2D eigenvalue weighted by atomic mass is 10.1. The highest BCUT2D eigenvalue weighted by molar-refractivity contribution is 7.09. The zero-order chi connectivity index (χ0) is 11.7. The molecule has 1 aromatic heterocycles. The Morgan fingerprint density at radius 1 is 1.29 bits per heavy atom. The van der Waals surface area contributed by atoms with Gasteiger partial charge in [0.2, 0.25) is 0 Å². The van der Waals surface area contributed by atoms with E-state index in [4.69, 9.17) is 0 Å². The molecule has 0 spiro atoms. The second-order valence-corrected chi connectivity index (χ2v) is 5.54. The Morgan fingerprint density at radius 3 is 2.76 bits per heavy atom. The van der Waals surface area contributed by atoms with Crippen LogP contribution in [-0.4, -0.2) is 16.2 Å². The second kappa shape index (κ2) is 4.59. The van der Waals surface area contributed by atoms with Gasteiger partial charge >= 0.3 is 0 Å². The van der Waals surface area contributed by atoms with Crippen molar-refractivity contribution in [1.82, 2.24) is 4.98 Å². The fourth-order valence-electron chi connectivity index (χ4n) is 1.97. The van der Waals surface area contributed by atoms with Gasteiger partial charge in [-0.1, -0.05) is 30.3 Å². The van der Waals surface area contributed by atoms with Crippen molar-refractivity contribution < 1.29 is 5.11 Å². The molecule has 0 saturated heterocycles. The summed E-state index contributed by atoms with van der Waals surface area (Å²) in [7, 11) is 0. The Morgan fingerprint density at radius 2 is 2.06 bits per heavy atom. The number of hydrogen-bond acceptors (Lipinski definition) is 3. The van der Waals surface area contributed by atoms with Crippen LogP contribution in [0.2, 0.25) is 0 Å². The van der Waals surface area contributed by atoms with Crippen molar-refractivity contribution in [2.75, 3.05) is 0 Å². The van der Waals surface area contributed by atoms with E-state index in [9.17, 15) is 5.11 Å². The largest absolute Gasteiger partial charge is 0.392 e. The monoisotopic (exact) mass is 245 g/mol. The molecule has 1 saturated carbocycles. The lowest BCUT2D eigenvalue weighted by Gasteiger charge is -2.05. The summed E-state index contributed by atoms with van der Waals surface area (Å²) in [5, 5.41) is 13.0. The Kier molecular flexibility index (Phi) is 2.95. The second-order valence-electron chi connectivity index (χ2n) is 4.60. The average Bonchev–Trinajstić information content (AvgIpc) is 3.12. The Balaban J connectivity index is 1.74. The Hall–Kier alpha value is -1.19. The highest BCUT2D eigenvalue weighted by atomic mass is 32.1. The minimum absolute atomic E-state index is 0.190. The van der Waals surface area contributed by atoms with Crippen LogP contribution in [0, 0.1) is 5.92 Å². The van der Waals surface area contributed by atoms with E-state index in [1.807, 2.05) is 18.2 Å². The molecule has 1 atom stereocenters. The van der Waals surface area contributed by atoms with Crippen LogP contribution in [0.1, 0.15) is 17.8 Å². The summed E-state index contributed by atoms with van der Waals surface area (Å²) in [6.45, 7) is 0. The molecule has 3 rings (SSSR count). The van der Waals surface area contributed by atoms with Crippen LogP contribution in [0.5, 0.6) is 0 Å². The summed E-state index contributed by atoms with van der Waals surface area (Å²) < 4.78 is 0. The molecule has 2 nitrogen and oxygen atoms in total. The van der Waals surface area contributed by atoms with Gasteiger partial charge in [-0.15, -0.1) is 11.3 Å². The van der Waals surface area contributed by atoms with Crippen molar-refractivity contribution in [2.24, 2.45) is 5.92 Å². The quantitative estimate of drug-likeness (QED) is 0.897. The normalized spacial score (nSPS) is 17.0. The van der Waals surface area contributed by atoms with E-state index in [2.05, 4.69) is 22.5 Å². The molecule has 88 valence electrons. The maximum Gasteiger partial charge on any atom is 0.0958 e. The highest BCUT2D eigenvalue weighted by Crippen LogP contribution is 2.34. The number of nitrogens with zero attached hydrogens (tertiary/aromatic N) is 1. The van der Waals surface area contributed by atoms with Gasteiger partial charge in [0.1, 0.15) is 0 Å². The lowest BCUT2D eigenvalue weighted by molar-refractivity contribution is 0.151. The number of aliphatic hydroxyl groups is 1. The fraction of sp³-hybridized carbons (Fsp3) is 0.357. The van der Waals surface area contributed by atoms with Crippen LogP contribution in [-0.2, 0) is 6.42 Å². The van der Waals surface area contributed by atoms with Gasteiger partial charge in [-0.3, -0.25) is 0 Å². The van der Waals surface area contributed by atoms with Crippen LogP contribution in [0.3, 0.4) is 0 Å². The van der Waals surface area contributed by atoms with Crippen molar-refractivity contribution in [3.63, 3.8) is 0 Å². The number of rotatable bonds is 4. The molecule has 0 radical (unpaired) electrons. The van der Waals surface area contributed by atoms with Gasteiger partial charge in [0.25, 0.3) is 0 Å². The number of thiazole rings is 1. The van der Waals surface area contributed by atoms with Gasteiger partial charge in [-0.2, -0.15) is 0 Å². The minimum atomic E-state index is -0.190. The van der Waals surface area contributed by atoms with E-state index in [0.717, 1.165) is 16.3 Å². The van der Waals surface area contributed by atoms with Crippen molar-refractivity contribution in [3.8, 4) is 11.3 Å². The van der Waals surface area contributed by atoms with Crippen LogP contribution >= 0.6 is 11.3 Å². The van der Waals surface area contributed by atoms with Crippen LogP contribution in [0.4, 0.5) is 0 Å². The zero-order valence-electron chi connectivity index (χ0n) is 9.54. The van der Waals surface area contributed by atoms with Gasteiger partial charge in [0, 0.05) is 17.4 Å². The molecule has 1 unspecified atom stereocenters. The summed E-state index contributed by atoms with van der Waals surface area (Å²) >= 11 is 1.65. The first kappa shape index (κ1) is 10.9. The third-order valence-corrected chi connectivity index (χ3v) is 4.04. The predicted molar refractivity (Wildman–Crippen MR) is 70.0 cm³/mol. The predicted octanol–water partition coefficient (Wildman–Crippen LogP) is 3.12. The van der Waals surface area contributed by atoms with Crippen molar-refractivity contribution >= 4 is 11.3 Å². The first-order valence-corrected chi connectivity index (χ1v) is 6.89. The summed E-state index contributed by atoms with van der Waals surface area (Å²) in [4.78, 5) is 4.59. The summed E-state index contributed by atoms with van der Waals surface area (Å²) in [6.07, 6.45) is 2.88. The van der Waals surface area contributed by atoms with Gasteiger partial charge < -0.3 is 5.11 Å². The number of hydrogen-bond donors (Lipinski definition) is 1. The first-order chi connectivity index (χ1) is 8.33. The number of benzene rings is 1. The molecule has 0 bridgehead atoms. The Bertz CT molecular complexity index is 490. The van der Waals surface area contributed by atoms with Crippen LogP contribution < -0.4 is 0 Å². The molecule has 1 aliphatic rings. The van der Waals surface area contributed by atoms with E-state index in [0.29, 0.717) is 12.3 Å². The third kappa shape index (κ3) is 2.56. The van der Waals surface area contributed by atoms with Crippen molar-refractivity contribution in [3.05, 3.63) is 40.7 Å². The van der Waals surface area contributed by atoms with E-state index in [1.165, 1.54) is 12.8 Å². The van der Waals surface area contributed by atoms with Gasteiger partial charge in [-0.25, -0.2) is 4.98 Å². The molecule has 1 aliphatic carbocycles. The third-order valence-electron chi connectivity index (χ3n) is 3.17. The van der Waals surface area contributed by atoms with Gasteiger partial charge in [0.05, 0.1) is 16.8 Å². The molecule has 1 fully saturated rings. The molecule has 1 aromatic carbocycles. The molecule has 1 heterocycles. The van der Waals surface area contributed by atoms with E-state index < -0.39 is 0 Å². The number of aromatic nitrogens is 1. The molecule has 0 aliphatic heterocycles. The van der Waals surface area contributed by atoms with Crippen LogP contribution in [0.25, 0.3) is 11.3 Å². The molecule has 2 aromatic rings. The molecule has 17 heavy (non-hydrogen) atoms. The molecule has 1 N–H and O–H groups in total. The molecule has 3 heteroatoms.